The van der Waals surface area contributed by atoms with Crippen molar-refractivity contribution in [3.8, 4) is 0 Å². The average molecular weight is 492 g/mol. The molecule has 1 atom stereocenters. The highest BCUT2D eigenvalue weighted by Gasteiger charge is 2.36. The SMILES string of the molecule is Cc1ccc([C@@H](NS(=O)(=O)c2ccc(C)cc2)P(=S)(c2ccccc2)c2ccccc2)cc1. The van der Waals surface area contributed by atoms with Gasteiger partial charge < -0.3 is 0 Å². The molecule has 6 heteroatoms. The van der Waals surface area contributed by atoms with Gasteiger partial charge in [-0.15, -0.1) is 0 Å². The number of hydrogen-bond donors (Lipinski definition) is 1. The molecule has 4 aromatic carbocycles. The Morgan fingerprint density at radius 2 is 1.09 bits per heavy atom. The van der Waals surface area contributed by atoms with Gasteiger partial charge in [-0.25, -0.2) is 8.42 Å². The summed E-state index contributed by atoms with van der Waals surface area (Å²) in [5, 5.41) is 1.92. The number of rotatable bonds is 7. The molecular weight excluding hydrogens is 465 g/mol. The predicted molar refractivity (Wildman–Crippen MR) is 142 cm³/mol. The van der Waals surface area contributed by atoms with Crippen LogP contribution in [0.5, 0.6) is 0 Å². The van der Waals surface area contributed by atoms with Crippen LogP contribution in [0.3, 0.4) is 0 Å². The van der Waals surface area contributed by atoms with Gasteiger partial charge in [-0.1, -0.05) is 120 Å². The van der Waals surface area contributed by atoms with E-state index in [-0.39, 0.29) is 4.90 Å². The minimum atomic E-state index is -3.82. The first-order chi connectivity index (χ1) is 15.8. The number of benzene rings is 4. The summed E-state index contributed by atoms with van der Waals surface area (Å²) >= 11 is 6.49. The van der Waals surface area contributed by atoms with Crippen molar-refractivity contribution >= 4 is 38.5 Å². The molecule has 0 aliphatic carbocycles. The zero-order valence-corrected chi connectivity index (χ0v) is 21.1. The highest BCUT2D eigenvalue weighted by Crippen LogP contribution is 2.56. The van der Waals surface area contributed by atoms with E-state index in [1.807, 2.05) is 98.8 Å². The third-order valence-corrected chi connectivity index (χ3v) is 12.4. The maximum Gasteiger partial charge on any atom is 0.241 e. The summed E-state index contributed by atoms with van der Waals surface area (Å²) < 4.78 is 30.1. The van der Waals surface area contributed by atoms with Crippen LogP contribution in [0, 0.1) is 13.8 Å². The summed E-state index contributed by atoms with van der Waals surface area (Å²) in [6, 6.07) is 32.0. The van der Waals surface area contributed by atoms with Crippen LogP contribution >= 0.6 is 6.04 Å². The van der Waals surface area contributed by atoms with E-state index >= 15 is 0 Å². The van der Waals surface area contributed by atoms with E-state index in [4.69, 9.17) is 11.8 Å². The molecule has 33 heavy (non-hydrogen) atoms. The van der Waals surface area contributed by atoms with Gasteiger partial charge in [-0.2, -0.15) is 4.72 Å². The topological polar surface area (TPSA) is 46.2 Å². The smallest absolute Gasteiger partial charge is 0.207 e. The normalized spacial score (nSPS) is 12.9. The number of hydrogen-bond acceptors (Lipinski definition) is 3. The lowest BCUT2D eigenvalue weighted by Crippen LogP contribution is -2.34. The molecule has 1 N–H and O–H groups in total. The van der Waals surface area contributed by atoms with Crippen LogP contribution < -0.4 is 15.3 Å². The number of aryl methyl sites for hydroxylation is 2. The Kier molecular flexibility index (Phi) is 6.96. The quantitative estimate of drug-likeness (QED) is 0.352. The Morgan fingerprint density at radius 1 is 0.667 bits per heavy atom. The van der Waals surface area contributed by atoms with Crippen molar-refractivity contribution in [2.45, 2.75) is 24.5 Å². The van der Waals surface area contributed by atoms with E-state index in [1.54, 1.807) is 24.3 Å². The molecule has 0 spiro atoms. The van der Waals surface area contributed by atoms with E-state index in [2.05, 4.69) is 4.72 Å². The van der Waals surface area contributed by atoms with Gasteiger partial charge in [0.25, 0.3) is 0 Å². The van der Waals surface area contributed by atoms with Crippen molar-refractivity contribution < 1.29 is 8.42 Å². The van der Waals surface area contributed by atoms with E-state index in [0.717, 1.165) is 27.3 Å². The second kappa shape index (κ2) is 9.74. The van der Waals surface area contributed by atoms with Gasteiger partial charge >= 0.3 is 0 Å². The van der Waals surface area contributed by atoms with Crippen molar-refractivity contribution in [3.05, 3.63) is 126 Å². The Hall–Kier alpha value is -2.56. The fourth-order valence-corrected chi connectivity index (χ4v) is 10.0. The average Bonchev–Trinajstić information content (AvgIpc) is 2.84. The van der Waals surface area contributed by atoms with Crippen LogP contribution in [0.25, 0.3) is 0 Å². The molecule has 4 aromatic rings. The minimum absolute atomic E-state index is 0.230. The molecule has 0 bridgehead atoms. The fraction of sp³-hybridized carbons (Fsp3) is 0.111. The minimum Gasteiger partial charge on any atom is -0.207 e. The maximum absolute atomic E-state index is 13.6. The third kappa shape index (κ3) is 5.02. The summed E-state index contributed by atoms with van der Waals surface area (Å²) in [6.45, 7) is 3.95. The Bertz CT molecular complexity index is 1330. The van der Waals surface area contributed by atoms with Crippen molar-refractivity contribution in [2.75, 3.05) is 0 Å². The van der Waals surface area contributed by atoms with Gasteiger partial charge in [0.15, 0.2) is 0 Å². The van der Waals surface area contributed by atoms with Gasteiger partial charge in [0.2, 0.25) is 10.0 Å². The van der Waals surface area contributed by atoms with Crippen LogP contribution in [-0.2, 0) is 21.8 Å². The molecule has 4 rings (SSSR count). The zero-order valence-electron chi connectivity index (χ0n) is 18.5. The van der Waals surface area contributed by atoms with E-state index in [1.165, 1.54) is 0 Å². The second-order valence-corrected chi connectivity index (χ2v) is 14.4. The van der Waals surface area contributed by atoms with Crippen LogP contribution in [0.4, 0.5) is 0 Å². The van der Waals surface area contributed by atoms with Crippen LogP contribution in [0.1, 0.15) is 22.5 Å². The third-order valence-electron chi connectivity index (χ3n) is 5.63. The molecule has 0 amide bonds. The first kappa shape index (κ1) is 23.6. The van der Waals surface area contributed by atoms with Gasteiger partial charge in [-0.3, -0.25) is 0 Å². The van der Waals surface area contributed by atoms with Gasteiger partial charge in [0, 0.05) is 6.04 Å². The van der Waals surface area contributed by atoms with Gasteiger partial charge in [0.1, 0.15) is 0 Å². The van der Waals surface area contributed by atoms with Crippen molar-refractivity contribution in [2.24, 2.45) is 0 Å². The monoisotopic (exact) mass is 491 g/mol. The van der Waals surface area contributed by atoms with Crippen LogP contribution in [-0.4, -0.2) is 8.42 Å². The molecule has 0 heterocycles. The van der Waals surface area contributed by atoms with Crippen molar-refractivity contribution in [1.29, 1.82) is 0 Å². The van der Waals surface area contributed by atoms with E-state index in [9.17, 15) is 8.42 Å². The first-order valence-corrected chi connectivity index (χ1v) is 15.0. The summed E-state index contributed by atoms with van der Waals surface area (Å²) in [7, 11) is -3.82. The van der Waals surface area contributed by atoms with Gasteiger partial charge in [0.05, 0.1) is 10.7 Å². The highest BCUT2D eigenvalue weighted by molar-refractivity contribution is 8.22. The first-order valence-electron chi connectivity index (χ1n) is 10.7. The van der Waals surface area contributed by atoms with E-state index in [0.29, 0.717) is 0 Å². The molecule has 0 saturated heterocycles. The highest BCUT2D eigenvalue weighted by atomic mass is 32.4. The van der Waals surface area contributed by atoms with Crippen LogP contribution in [0.15, 0.2) is 114 Å². The molecule has 3 nitrogen and oxygen atoms in total. The fourth-order valence-electron chi connectivity index (χ4n) is 3.78. The number of nitrogens with one attached hydrogen (secondary N) is 1. The van der Waals surface area contributed by atoms with Crippen molar-refractivity contribution in [3.63, 3.8) is 0 Å². The molecule has 0 aromatic heterocycles. The molecule has 0 aliphatic heterocycles. The summed E-state index contributed by atoms with van der Waals surface area (Å²) in [6.07, 6.45) is 0. The summed E-state index contributed by atoms with van der Waals surface area (Å²) in [5.41, 5.74) is 2.96. The largest absolute Gasteiger partial charge is 0.241 e. The predicted octanol–water partition coefficient (Wildman–Crippen LogP) is 5.41. The van der Waals surface area contributed by atoms with E-state index < -0.39 is 21.8 Å². The second-order valence-electron chi connectivity index (χ2n) is 8.08. The molecule has 0 saturated carbocycles. The standard InChI is InChI=1S/C27H26NO2PS2/c1-21-13-17-23(18-14-21)27(28-33(29,30)26-19-15-22(2)16-20-26)31(32,24-9-5-3-6-10-24)25-11-7-4-8-12-25/h3-20,27-28H,1-2H3/t27-/m0/s1. The molecule has 0 fully saturated rings. The molecule has 0 unspecified atom stereocenters. The van der Waals surface area contributed by atoms with Crippen molar-refractivity contribution in [1.82, 2.24) is 4.72 Å². The summed E-state index contributed by atoms with van der Waals surface area (Å²) in [4.78, 5) is 0.230. The Balaban J connectivity index is 1.93. The zero-order chi connectivity index (χ0) is 23.5. The molecule has 0 radical (unpaired) electrons. The maximum atomic E-state index is 13.6. The molecule has 0 aliphatic rings. The Morgan fingerprint density at radius 3 is 1.55 bits per heavy atom. The van der Waals surface area contributed by atoms with Crippen LogP contribution in [0.2, 0.25) is 0 Å². The number of sulfonamides is 1. The lowest BCUT2D eigenvalue weighted by atomic mass is 10.1. The van der Waals surface area contributed by atoms with Gasteiger partial charge in [-0.05, 0) is 42.2 Å². The Labute approximate surface area is 201 Å². The lowest BCUT2D eigenvalue weighted by molar-refractivity contribution is 0.579. The molecule has 168 valence electrons. The lowest BCUT2D eigenvalue weighted by Gasteiger charge is -2.33. The summed E-state index contributed by atoms with van der Waals surface area (Å²) in [5.74, 6) is -0.607. The molecular formula is C27H26NO2PS2.